The topological polar surface area (TPSA) is 86.1 Å². The third kappa shape index (κ3) is 4.20. The molecule has 0 radical (unpaired) electrons. The van der Waals surface area contributed by atoms with Crippen LogP contribution in [0.15, 0.2) is 48.5 Å². The van der Waals surface area contributed by atoms with Crippen LogP contribution in [-0.2, 0) is 11.3 Å². The fourth-order valence-corrected chi connectivity index (χ4v) is 4.35. The minimum absolute atomic E-state index is 0.274. The summed E-state index contributed by atoms with van der Waals surface area (Å²) in [5.74, 6) is -0.695. The number of hydrogen-bond acceptors (Lipinski definition) is 6. The lowest BCUT2D eigenvalue weighted by Crippen LogP contribution is -2.15. The number of para-hydroxylation sites is 1. The van der Waals surface area contributed by atoms with Gasteiger partial charge in [0.2, 0.25) is 0 Å². The van der Waals surface area contributed by atoms with Crippen LogP contribution in [0, 0.1) is 13.8 Å². The third-order valence-corrected chi connectivity index (χ3v) is 6.18. The van der Waals surface area contributed by atoms with Gasteiger partial charge < -0.3 is 10.1 Å². The number of amides is 1. The first kappa shape index (κ1) is 20.7. The second kappa shape index (κ2) is 8.69. The van der Waals surface area contributed by atoms with Crippen molar-refractivity contribution in [3.05, 3.63) is 75.7 Å². The van der Waals surface area contributed by atoms with Gasteiger partial charge in [0.05, 0.1) is 24.2 Å². The fourth-order valence-electron chi connectivity index (χ4n) is 3.31. The highest BCUT2D eigenvalue weighted by Gasteiger charge is 2.22. The van der Waals surface area contributed by atoms with E-state index in [2.05, 4.69) is 15.6 Å². The number of hydrogen-bond donors (Lipinski definition) is 1. The minimum atomic E-state index is -0.421. The smallest absolute Gasteiger partial charge is 0.341 e. The van der Waals surface area contributed by atoms with Crippen LogP contribution in [0.5, 0.6) is 0 Å². The van der Waals surface area contributed by atoms with Gasteiger partial charge in [-0.2, -0.15) is 0 Å². The number of benzene rings is 2. The van der Waals surface area contributed by atoms with E-state index < -0.39 is 5.97 Å². The molecule has 2 heterocycles. The van der Waals surface area contributed by atoms with Gasteiger partial charge >= 0.3 is 5.97 Å². The number of ether oxygens (including phenoxy) is 1. The summed E-state index contributed by atoms with van der Waals surface area (Å²) in [6.07, 6.45) is 0. The lowest BCUT2D eigenvalue weighted by Gasteiger charge is -2.08. The summed E-state index contributed by atoms with van der Waals surface area (Å²) in [5.41, 5.74) is 4.56. The Labute approximate surface area is 183 Å². The number of rotatable bonds is 6. The van der Waals surface area contributed by atoms with Crippen molar-refractivity contribution in [2.45, 2.75) is 27.3 Å². The normalized spacial score (nSPS) is 10.9. The number of aromatic nitrogens is 3. The molecule has 7 nitrogen and oxygen atoms in total. The minimum Gasteiger partial charge on any atom is -0.462 e. The molecule has 0 saturated heterocycles. The van der Waals surface area contributed by atoms with Gasteiger partial charge in [0.15, 0.2) is 0 Å². The Kier molecular flexibility index (Phi) is 5.81. The lowest BCUT2D eigenvalue weighted by atomic mass is 10.1. The number of fused-ring (bicyclic) bond motifs is 1. The van der Waals surface area contributed by atoms with E-state index in [4.69, 9.17) is 4.74 Å². The van der Waals surface area contributed by atoms with E-state index in [-0.39, 0.29) is 12.5 Å². The fraction of sp³-hybridized carbons (Fsp3) is 0.217. The molecule has 0 saturated carbocycles. The zero-order valence-electron chi connectivity index (χ0n) is 17.5. The summed E-state index contributed by atoms with van der Waals surface area (Å²) in [6, 6.07) is 15.1. The largest absolute Gasteiger partial charge is 0.462 e. The second-order valence-electron chi connectivity index (χ2n) is 7.09. The third-order valence-electron chi connectivity index (χ3n) is 5.06. The molecule has 2 aromatic heterocycles. The highest BCUT2D eigenvalue weighted by Crippen LogP contribution is 2.33. The van der Waals surface area contributed by atoms with Crippen LogP contribution in [0.1, 0.15) is 43.6 Å². The number of aryl methyl sites for hydroxylation is 1. The SMILES string of the molecule is CCOC(=O)c1c(NC(=O)c2ccc(Cn3nnc4ccccc43)cc2)sc(C)c1C. The van der Waals surface area contributed by atoms with Gasteiger partial charge in [-0.15, -0.1) is 16.4 Å². The van der Waals surface area contributed by atoms with Crippen LogP contribution < -0.4 is 5.32 Å². The standard InChI is InChI=1S/C23H22N4O3S/c1-4-30-23(29)20-14(2)15(3)31-22(20)24-21(28)17-11-9-16(10-12-17)13-27-19-8-6-5-7-18(19)25-26-27/h5-12H,4,13H2,1-3H3,(H,24,28). The Morgan fingerprint density at radius 1 is 1.10 bits per heavy atom. The number of anilines is 1. The molecule has 0 fully saturated rings. The van der Waals surface area contributed by atoms with E-state index in [0.717, 1.165) is 27.0 Å². The van der Waals surface area contributed by atoms with Crippen molar-refractivity contribution in [3.8, 4) is 0 Å². The average molecular weight is 435 g/mol. The quantitative estimate of drug-likeness (QED) is 0.449. The highest BCUT2D eigenvalue weighted by atomic mass is 32.1. The highest BCUT2D eigenvalue weighted by molar-refractivity contribution is 7.16. The summed E-state index contributed by atoms with van der Waals surface area (Å²) >= 11 is 1.37. The lowest BCUT2D eigenvalue weighted by molar-refractivity contribution is 0.0527. The summed E-state index contributed by atoms with van der Waals surface area (Å²) in [5, 5.41) is 11.7. The molecule has 2 aromatic carbocycles. The number of nitrogens with one attached hydrogen (secondary N) is 1. The Hall–Kier alpha value is -3.52. The molecule has 0 aliphatic heterocycles. The van der Waals surface area contributed by atoms with Gasteiger partial charge in [-0.25, -0.2) is 9.48 Å². The molecule has 31 heavy (non-hydrogen) atoms. The van der Waals surface area contributed by atoms with Crippen molar-refractivity contribution in [2.75, 3.05) is 11.9 Å². The summed E-state index contributed by atoms with van der Waals surface area (Å²) < 4.78 is 6.98. The molecule has 1 N–H and O–H groups in total. The van der Waals surface area contributed by atoms with Crippen LogP contribution in [0.4, 0.5) is 5.00 Å². The van der Waals surface area contributed by atoms with Crippen molar-refractivity contribution in [1.29, 1.82) is 0 Å². The first-order valence-corrected chi connectivity index (χ1v) is 10.7. The van der Waals surface area contributed by atoms with E-state index in [1.165, 1.54) is 11.3 Å². The van der Waals surface area contributed by atoms with Crippen molar-refractivity contribution in [1.82, 2.24) is 15.0 Å². The van der Waals surface area contributed by atoms with Gasteiger partial charge in [0, 0.05) is 10.4 Å². The molecule has 0 aliphatic rings. The first-order valence-electron chi connectivity index (χ1n) is 9.93. The molecule has 0 atom stereocenters. The Morgan fingerprint density at radius 3 is 2.58 bits per heavy atom. The van der Waals surface area contributed by atoms with Gasteiger partial charge in [-0.1, -0.05) is 29.5 Å². The van der Waals surface area contributed by atoms with Crippen molar-refractivity contribution in [3.63, 3.8) is 0 Å². The van der Waals surface area contributed by atoms with Gasteiger partial charge in [-0.3, -0.25) is 4.79 Å². The molecular weight excluding hydrogens is 412 g/mol. The molecule has 158 valence electrons. The van der Waals surface area contributed by atoms with Gasteiger partial charge in [-0.05, 0) is 56.2 Å². The van der Waals surface area contributed by atoms with E-state index >= 15 is 0 Å². The number of esters is 1. The van der Waals surface area contributed by atoms with Gasteiger partial charge in [0.25, 0.3) is 5.91 Å². The van der Waals surface area contributed by atoms with Crippen LogP contribution in [0.25, 0.3) is 11.0 Å². The zero-order chi connectivity index (χ0) is 22.0. The molecule has 4 rings (SSSR count). The molecule has 0 spiro atoms. The van der Waals surface area contributed by atoms with Gasteiger partial charge in [0.1, 0.15) is 10.5 Å². The van der Waals surface area contributed by atoms with Crippen LogP contribution in [-0.4, -0.2) is 33.5 Å². The number of nitrogens with zero attached hydrogens (tertiary/aromatic N) is 3. The van der Waals surface area contributed by atoms with E-state index in [0.29, 0.717) is 22.7 Å². The molecule has 8 heteroatoms. The summed E-state index contributed by atoms with van der Waals surface area (Å²) in [6.45, 7) is 6.37. The predicted molar refractivity (Wildman–Crippen MR) is 121 cm³/mol. The molecule has 0 bridgehead atoms. The maximum Gasteiger partial charge on any atom is 0.341 e. The molecule has 1 amide bonds. The van der Waals surface area contributed by atoms with Crippen molar-refractivity contribution in [2.24, 2.45) is 0 Å². The molecular formula is C23H22N4O3S. The predicted octanol–water partition coefficient (Wildman–Crippen LogP) is 4.59. The average Bonchev–Trinajstić information content (AvgIpc) is 3.29. The van der Waals surface area contributed by atoms with Crippen LogP contribution >= 0.6 is 11.3 Å². The second-order valence-corrected chi connectivity index (χ2v) is 8.32. The number of thiophene rings is 1. The molecule has 4 aromatic rings. The monoisotopic (exact) mass is 434 g/mol. The first-order chi connectivity index (χ1) is 15.0. The Balaban J connectivity index is 1.50. The van der Waals surface area contributed by atoms with Crippen molar-refractivity contribution >= 4 is 39.2 Å². The summed E-state index contributed by atoms with van der Waals surface area (Å²) in [7, 11) is 0. The number of carbonyl (C=O) groups is 2. The summed E-state index contributed by atoms with van der Waals surface area (Å²) in [4.78, 5) is 26.1. The molecule has 0 unspecified atom stereocenters. The van der Waals surface area contributed by atoms with E-state index in [9.17, 15) is 9.59 Å². The van der Waals surface area contributed by atoms with Crippen LogP contribution in [0.2, 0.25) is 0 Å². The zero-order valence-corrected chi connectivity index (χ0v) is 18.3. The van der Waals surface area contributed by atoms with E-state index in [1.54, 1.807) is 19.1 Å². The van der Waals surface area contributed by atoms with Crippen molar-refractivity contribution < 1.29 is 14.3 Å². The number of carbonyl (C=O) groups excluding carboxylic acids is 2. The van der Waals surface area contributed by atoms with Crippen LogP contribution in [0.3, 0.4) is 0 Å². The Morgan fingerprint density at radius 2 is 1.84 bits per heavy atom. The Bertz CT molecular complexity index is 1260. The maximum atomic E-state index is 12.8. The van der Waals surface area contributed by atoms with E-state index in [1.807, 2.05) is 54.9 Å². The molecule has 0 aliphatic carbocycles. The maximum absolute atomic E-state index is 12.8.